The second kappa shape index (κ2) is 9.94. The van der Waals surface area contributed by atoms with Crippen molar-refractivity contribution < 1.29 is 0 Å². The molecule has 5 aromatic heterocycles. The van der Waals surface area contributed by atoms with Crippen molar-refractivity contribution in [1.82, 2.24) is 18.9 Å². The molecule has 0 amide bonds. The molecule has 0 aliphatic rings. The minimum Gasteiger partial charge on any atom is -0.308 e. The lowest BCUT2D eigenvalue weighted by Crippen LogP contribution is -2.04. The van der Waals surface area contributed by atoms with Gasteiger partial charge in [0.05, 0.1) is 38.6 Å². The van der Waals surface area contributed by atoms with Gasteiger partial charge in [-0.2, -0.15) is 0 Å². The van der Waals surface area contributed by atoms with Crippen molar-refractivity contribution in [2.45, 2.75) is 0 Å². The van der Waals surface area contributed by atoms with Gasteiger partial charge in [-0.25, -0.2) is 9.97 Å². The Morgan fingerprint density at radius 3 is 2.04 bits per heavy atom. The summed E-state index contributed by atoms with van der Waals surface area (Å²) >= 11 is 1.87. The van der Waals surface area contributed by atoms with E-state index in [-0.39, 0.29) is 0 Å². The molecule has 0 aliphatic heterocycles. The van der Waals surface area contributed by atoms with Crippen LogP contribution < -0.4 is 0 Å². The third-order valence-electron chi connectivity index (χ3n) is 11.4. The number of benzene rings is 8. The fraction of sp³-hybridized carbons (Fsp3) is 0. The first-order valence-corrected chi connectivity index (χ1v) is 18.8. The van der Waals surface area contributed by atoms with Gasteiger partial charge in [-0.15, -0.1) is 11.3 Å². The highest BCUT2D eigenvalue weighted by Crippen LogP contribution is 2.50. The van der Waals surface area contributed by atoms with Gasteiger partial charge in [-0.3, -0.25) is 4.57 Å². The van der Waals surface area contributed by atoms with Crippen LogP contribution in [0.15, 0.2) is 158 Å². The molecular weight excluding hydrogens is 665 g/mol. The topological polar surface area (TPSA) is 35.1 Å². The molecule has 0 spiro atoms. The maximum atomic E-state index is 5.64. The van der Waals surface area contributed by atoms with Crippen LogP contribution in [0.4, 0.5) is 0 Å². The second-order valence-electron chi connectivity index (χ2n) is 14.1. The molecule has 0 N–H and O–H groups in total. The Morgan fingerprint density at radius 1 is 0.434 bits per heavy atom. The number of aromatic nitrogens is 4. The van der Waals surface area contributed by atoms with Crippen molar-refractivity contribution in [3.05, 3.63) is 158 Å². The molecule has 5 heterocycles. The molecule has 0 saturated heterocycles. The van der Waals surface area contributed by atoms with E-state index < -0.39 is 0 Å². The molecule has 0 fully saturated rings. The van der Waals surface area contributed by atoms with Crippen LogP contribution in [-0.2, 0) is 0 Å². The third-order valence-corrected chi connectivity index (χ3v) is 12.5. The molecular formula is C48H26N4S. The van der Waals surface area contributed by atoms with E-state index in [4.69, 9.17) is 9.97 Å². The van der Waals surface area contributed by atoms with E-state index in [2.05, 4.69) is 167 Å². The molecule has 0 bridgehead atoms. The lowest BCUT2D eigenvalue weighted by molar-refractivity contribution is 1.08. The van der Waals surface area contributed by atoms with Crippen LogP contribution in [0.25, 0.3) is 119 Å². The molecule has 0 saturated carbocycles. The van der Waals surface area contributed by atoms with Gasteiger partial charge in [0.25, 0.3) is 0 Å². The van der Waals surface area contributed by atoms with Crippen molar-refractivity contribution in [1.29, 1.82) is 0 Å². The average molecular weight is 691 g/mol. The number of hydrogen-bond donors (Lipinski definition) is 0. The Kier molecular flexibility index (Phi) is 5.22. The summed E-state index contributed by atoms with van der Waals surface area (Å²) in [6.45, 7) is 0. The maximum absolute atomic E-state index is 5.64. The first-order chi connectivity index (χ1) is 26.3. The summed E-state index contributed by atoms with van der Waals surface area (Å²) < 4.78 is 7.50. The molecule has 5 heteroatoms. The van der Waals surface area contributed by atoms with Crippen LogP contribution >= 0.6 is 11.3 Å². The molecule has 13 aromatic rings. The van der Waals surface area contributed by atoms with Crippen molar-refractivity contribution in [3.8, 4) is 17.1 Å². The smallest absolute Gasteiger partial charge is 0.165 e. The lowest BCUT2D eigenvalue weighted by Gasteiger charge is -2.15. The minimum atomic E-state index is 0.834. The highest BCUT2D eigenvalue weighted by Gasteiger charge is 2.27. The third kappa shape index (κ3) is 3.50. The van der Waals surface area contributed by atoms with Crippen LogP contribution in [0.5, 0.6) is 0 Å². The molecule has 0 aliphatic carbocycles. The highest BCUT2D eigenvalue weighted by molar-refractivity contribution is 7.26. The van der Waals surface area contributed by atoms with Crippen LogP contribution in [0.3, 0.4) is 0 Å². The Morgan fingerprint density at radius 2 is 1.13 bits per heavy atom. The fourth-order valence-electron chi connectivity index (χ4n) is 9.26. The number of fused-ring (bicyclic) bond motifs is 12. The van der Waals surface area contributed by atoms with Gasteiger partial charge >= 0.3 is 0 Å². The van der Waals surface area contributed by atoms with Gasteiger partial charge in [-0.1, -0.05) is 121 Å². The van der Waals surface area contributed by atoms with Gasteiger partial charge in [0.15, 0.2) is 5.82 Å². The predicted octanol–water partition coefficient (Wildman–Crippen LogP) is 13.1. The van der Waals surface area contributed by atoms with E-state index >= 15 is 0 Å². The summed E-state index contributed by atoms with van der Waals surface area (Å²) in [5, 5.41) is 12.3. The van der Waals surface area contributed by atoms with E-state index in [1.165, 1.54) is 74.6 Å². The Bertz CT molecular complexity index is 3680. The van der Waals surface area contributed by atoms with E-state index in [9.17, 15) is 0 Å². The lowest BCUT2D eigenvalue weighted by atomic mass is 10.0. The summed E-state index contributed by atoms with van der Waals surface area (Å²) in [4.78, 5) is 11.2. The number of para-hydroxylation sites is 2. The van der Waals surface area contributed by atoms with Crippen LogP contribution in [0, 0.1) is 0 Å². The van der Waals surface area contributed by atoms with Crippen LogP contribution in [0.1, 0.15) is 0 Å². The average Bonchev–Trinajstić information content (AvgIpc) is 3.85. The Balaban J connectivity index is 1.35. The molecule has 0 unspecified atom stereocenters. The zero-order valence-electron chi connectivity index (χ0n) is 28.2. The quantitative estimate of drug-likeness (QED) is 0.169. The molecule has 4 nitrogen and oxygen atoms in total. The van der Waals surface area contributed by atoms with Crippen molar-refractivity contribution >= 4 is 113 Å². The summed E-state index contributed by atoms with van der Waals surface area (Å²) in [5.41, 5.74) is 9.64. The monoisotopic (exact) mass is 690 g/mol. The molecule has 8 aromatic carbocycles. The largest absolute Gasteiger partial charge is 0.308 e. The normalized spacial score (nSPS) is 12.5. The zero-order valence-corrected chi connectivity index (χ0v) is 29.0. The van der Waals surface area contributed by atoms with Crippen LogP contribution in [0.2, 0.25) is 0 Å². The molecule has 53 heavy (non-hydrogen) atoms. The fourth-order valence-corrected chi connectivity index (χ4v) is 10.4. The van der Waals surface area contributed by atoms with Gasteiger partial charge in [-0.05, 0) is 47.2 Å². The van der Waals surface area contributed by atoms with E-state index in [0.717, 1.165) is 44.4 Å². The number of hydrogen-bond acceptors (Lipinski definition) is 3. The second-order valence-corrected chi connectivity index (χ2v) is 15.2. The number of rotatable bonds is 2. The maximum Gasteiger partial charge on any atom is 0.165 e. The SMILES string of the molecule is c1ccc(-c2nc3c(ccc4ccccc43)nc2-n2c3cccc4c3c3c(cc5sc6ccccc6c5c32)c2cccc3c5ccccc5n4c23)cc1. The molecule has 244 valence electrons. The van der Waals surface area contributed by atoms with Crippen LogP contribution in [-0.4, -0.2) is 18.9 Å². The van der Waals surface area contributed by atoms with Crippen molar-refractivity contribution in [2.24, 2.45) is 0 Å². The summed E-state index contributed by atoms with van der Waals surface area (Å²) in [6, 6.07) is 57.1. The molecule has 0 atom stereocenters. The Labute approximate surface area is 305 Å². The van der Waals surface area contributed by atoms with Gasteiger partial charge in [0, 0.05) is 58.1 Å². The number of thiophene rings is 1. The van der Waals surface area contributed by atoms with Gasteiger partial charge in [0.2, 0.25) is 0 Å². The first kappa shape index (κ1) is 27.8. The van der Waals surface area contributed by atoms with E-state index in [1.807, 2.05) is 11.3 Å². The summed E-state index contributed by atoms with van der Waals surface area (Å²) in [7, 11) is 0. The Hall–Kier alpha value is -6.82. The summed E-state index contributed by atoms with van der Waals surface area (Å²) in [5.74, 6) is 0.834. The zero-order chi connectivity index (χ0) is 34.4. The first-order valence-electron chi connectivity index (χ1n) is 18.0. The van der Waals surface area contributed by atoms with E-state index in [1.54, 1.807) is 0 Å². The molecule has 13 rings (SSSR count). The molecule has 0 radical (unpaired) electrons. The highest BCUT2D eigenvalue weighted by atomic mass is 32.1. The summed E-state index contributed by atoms with van der Waals surface area (Å²) in [6.07, 6.45) is 0. The van der Waals surface area contributed by atoms with Crippen molar-refractivity contribution in [3.63, 3.8) is 0 Å². The van der Waals surface area contributed by atoms with Gasteiger partial charge in [0.1, 0.15) is 5.69 Å². The number of nitrogens with zero attached hydrogens (tertiary/aromatic N) is 4. The minimum absolute atomic E-state index is 0.834. The standard InChI is InChI=1S/C48H26N4S/c1-2-13-28(14-3-1)44-48(49-35-25-24-27-12-4-5-15-29(27)45(35)50-44)52-38-22-11-21-37-43(38)42-34(26-40-41(47(42)52)33-17-7-9-23-39(33)53-40)32-19-10-18-31-30-16-6-8-20-36(30)51(37)46(31)32/h1-26H. The predicted molar refractivity (Wildman–Crippen MR) is 224 cm³/mol. The van der Waals surface area contributed by atoms with Gasteiger partial charge < -0.3 is 4.40 Å². The van der Waals surface area contributed by atoms with E-state index in [0.29, 0.717) is 0 Å². The van der Waals surface area contributed by atoms with Crippen molar-refractivity contribution in [2.75, 3.05) is 0 Å².